The summed E-state index contributed by atoms with van der Waals surface area (Å²) in [6, 6.07) is 17.5. The standard InChI is InChI=1S/C37H40ClN5O4S/c1-20-14-28-33(31(21-6-9-23(38)10-7-21)30(20)32(36(44)45)47-37(2,3)4)48-35(39-28)22-8-13-29-27(15-22)34(40-41(29)5)43-24-11-12-25(43)17-42(16-24)26-18-46-19-26/h6-10,13-15,24-26,32H,11-12,16-19H2,1-5H3,(H,44,45)/t24?,25?,32-/m0/s1. The number of aryl methyl sites for hydroxylation is 2. The molecule has 0 spiro atoms. The van der Waals surface area contributed by atoms with Crippen molar-refractivity contribution in [3.05, 3.63) is 64.7 Å². The Hall–Kier alpha value is -3.54. The summed E-state index contributed by atoms with van der Waals surface area (Å²) in [5.41, 5.74) is 5.39. The molecular formula is C37H40ClN5O4S. The zero-order chi connectivity index (χ0) is 33.5. The summed E-state index contributed by atoms with van der Waals surface area (Å²) in [4.78, 5) is 23.1. The van der Waals surface area contributed by atoms with Crippen LogP contribution in [0, 0.1) is 6.92 Å². The highest BCUT2D eigenvalue weighted by atomic mass is 35.5. The second-order valence-electron chi connectivity index (χ2n) is 14.4. The van der Waals surface area contributed by atoms with Gasteiger partial charge in [0, 0.05) is 59.3 Å². The number of rotatable bonds is 7. The maximum Gasteiger partial charge on any atom is 0.337 e. The number of fused-ring (bicyclic) bond motifs is 4. The third-order valence-electron chi connectivity index (χ3n) is 9.99. The Labute approximate surface area is 289 Å². The third-order valence-corrected chi connectivity index (χ3v) is 11.4. The van der Waals surface area contributed by atoms with Gasteiger partial charge in [-0.3, -0.25) is 9.58 Å². The number of carbonyl (C=O) groups is 1. The highest BCUT2D eigenvalue weighted by Crippen LogP contribution is 2.46. The molecule has 0 saturated carbocycles. The second-order valence-corrected chi connectivity index (χ2v) is 15.9. The van der Waals surface area contributed by atoms with Crippen molar-refractivity contribution in [2.24, 2.45) is 7.05 Å². The Balaban J connectivity index is 1.24. The highest BCUT2D eigenvalue weighted by molar-refractivity contribution is 7.22. The van der Waals surface area contributed by atoms with E-state index in [2.05, 4.69) is 28.0 Å². The molecule has 5 aromatic rings. The number of carboxylic acid groups (broad SMARTS) is 1. The van der Waals surface area contributed by atoms with Crippen molar-refractivity contribution in [1.29, 1.82) is 0 Å². The maximum atomic E-state index is 12.8. The van der Waals surface area contributed by atoms with Crippen molar-refractivity contribution in [1.82, 2.24) is 19.7 Å². The number of piperazine rings is 1. The molecule has 8 rings (SSSR count). The van der Waals surface area contributed by atoms with Crippen LogP contribution >= 0.6 is 22.9 Å². The van der Waals surface area contributed by atoms with Gasteiger partial charge in [-0.15, -0.1) is 11.3 Å². The minimum absolute atomic E-state index is 0.439. The fraction of sp³-hybridized carbons (Fsp3) is 0.432. The number of hydrogen-bond acceptors (Lipinski definition) is 8. The molecule has 48 heavy (non-hydrogen) atoms. The van der Waals surface area contributed by atoms with Crippen molar-refractivity contribution in [2.75, 3.05) is 31.2 Å². The smallest absolute Gasteiger partial charge is 0.337 e. The summed E-state index contributed by atoms with van der Waals surface area (Å²) >= 11 is 7.87. The first-order valence-electron chi connectivity index (χ1n) is 16.6. The van der Waals surface area contributed by atoms with Crippen molar-refractivity contribution in [2.45, 2.75) is 70.4 Å². The first kappa shape index (κ1) is 31.7. The molecule has 0 radical (unpaired) electrons. The molecule has 0 amide bonds. The third kappa shape index (κ3) is 5.47. The maximum absolute atomic E-state index is 12.8. The van der Waals surface area contributed by atoms with Gasteiger partial charge in [-0.2, -0.15) is 5.10 Å². The fourth-order valence-electron chi connectivity index (χ4n) is 7.75. The number of aromatic nitrogens is 3. The lowest BCUT2D eigenvalue weighted by Gasteiger charge is -2.46. The molecular weight excluding hydrogens is 646 g/mol. The zero-order valence-corrected chi connectivity index (χ0v) is 29.4. The fourth-order valence-corrected chi connectivity index (χ4v) is 8.99. The van der Waals surface area contributed by atoms with Crippen molar-refractivity contribution in [3.63, 3.8) is 0 Å². The van der Waals surface area contributed by atoms with Gasteiger partial charge in [0.1, 0.15) is 5.01 Å². The van der Waals surface area contributed by atoms with Crippen molar-refractivity contribution < 1.29 is 19.4 Å². The van der Waals surface area contributed by atoms with Crippen LogP contribution in [0.15, 0.2) is 48.5 Å². The Morgan fingerprint density at radius 1 is 1.04 bits per heavy atom. The molecule has 0 aliphatic carbocycles. The number of aliphatic carboxylic acids is 1. The minimum atomic E-state index is -1.16. The molecule has 3 aromatic carbocycles. The van der Waals surface area contributed by atoms with E-state index in [9.17, 15) is 9.90 Å². The Bertz CT molecular complexity index is 2030. The van der Waals surface area contributed by atoms with Crippen LogP contribution in [0.2, 0.25) is 5.02 Å². The molecule has 2 bridgehead atoms. The van der Waals surface area contributed by atoms with Gasteiger partial charge in [0.2, 0.25) is 0 Å². The first-order valence-corrected chi connectivity index (χ1v) is 17.8. The predicted octanol–water partition coefficient (Wildman–Crippen LogP) is 7.47. The van der Waals surface area contributed by atoms with E-state index in [4.69, 9.17) is 31.2 Å². The van der Waals surface area contributed by atoms with Gasteiger partial charge in [-0.1, -0.05) is 23.7 Å². The lowest BCUT2D eigenvalue weighted by molar-refractivity contribution is -0.160. The second kappa shape index (κ2) is 11.8. The Morgan fingerprint density at radius 3 is 2.35 bits per heavy atom. The summed E-state index contributed by atoms with van der Waals surface area (Å²) in [5, 5.41) is 18.1. The average Bonchev–Trinajstić information content (AvgIpc) is 3.65. The van der Waals surface area contributed by atoms with Gasteiger partial charge < -0.3 is 19.5 Å². The number of halogens is 1. The molecule has 1 N–H and O–H groups in total. The molecule has 9 nitrogen and oxygen atoms in total. The van der Waals surface area contributed by atoms with Gasteiger partial charge in [-0.25, -0.2) is 9.78 Å². The van der Waals surface area contributed by atoms with E-state index in [1.54, 1.807) is 11.3 Å². The van der Waals surface area contributed by atoms with E-state index in [1.807, 2.05) is 69.8 Å². The zero-order valence-electron chi connectivity index (χ0n) is 27.9. The molecule has 3 fully saturated rings. The van der Waals surface area contributed by atoms with Gasteiger partial charge in [0.15, 0.2) is 11.9 Å². The number of carboxylic acids is 1. The average molecular weight is 686 g/mol. The Kier molecular flexibility index (Phi) is 7.80. The molecule has 250 valence electrons. The molecule has 3 aliphatic rings. The van der Waals surface area contributed by atoms with E-state index < -0.39 is 17.7 Å². The van der Waals surface area contributed by atoms with Crippen LogP contribution in [0.3, 0.4) is 0 Å². The van der Waals surface area contributed by atoms with Crippen LogP contribution in [0.25, 0.3) is 42.8 Å². The lowest BCUT2D eigenvalue weighted by atomic mass is 9.91. The van der Waals surface area contributed by atoms with Crippen LogP contribution in [0.4, 0.5) is 5.82 Å². The van der Waals surface area contributed by atoms with Crippen LogP contribution in [-0.4, -0.2) is 80.8 Å². The molecule has 3 saturated heterocycles. The van der Waals surface area contributed by atoms with E-state index in [1.165, 1.54) is 12.8 Å². The molecule has 2 unspecified atom stereocenters. The number of ether oxygens (including phenoxy) is 2. The summed E-state index contributed by atoms with van der Waals surface area (Å²) < 4.78 is 14.6. The monoisotopic (exact) mass is 685 g/mol. The van der Waals surface area contributed by atoms with E-state index in [0.717, 1.165) is 80.5 Å². The number of thiazole rings is 1. The lowest BCUT2D eigenvalue weighted by Crippen LogP contribution is -2.61. The molecule has 2 aromatic heterocycles. The summed E-state index contributed by atoms with van der Waals surface area (Å²) in [5.74, 6) is 0.0220. The molecule has 3 atom stereocenters. The number of likely N-dealkylation sites (tertiary alicyclic amines) is 1. The van der Waals surface area contributed by atoms with Gasteiger partial charge in [0.05, 0.1) is 40.6 Å². The van der Waals surface area contributed by atoms with E-state index >= 15 is 0 Å². The first-order chi connectivity index (χ1) is 22.9. The quantitative estimate of drug-likeness (QED) is 0.189. The molecule has 3 aliphatic heterocycles. The summed E-state index contributed by atoms with van der Waals surface area (Å²) in [6.07, 6.45) is 1.19. The largest absolute Gasteiger partial charge is 0.479 e. The summed E-state index contributed by atoms with van der Waals surface area (Å²) in [7, 11) is 2.02. The van der Waals surface area contributed by atoms with Crippen LogP contribution in [0.1, 0.15) is 50.8 Å². The summed E-state index contributed by atoms with van der Waals surface area (Å²) in [6.45, 7) is 11.4. The minimum Gasteiger partial charge on any atom is -0.479 e. The van der Waals surface area contributed by atoms with E-state index in [0.29, 0.717) is 28.7 Å². The Morgan fingerprint density at radius 2 is 1.73 bits per heavy atom. The van der Waals surface area contributed by atoms with Crippen LogP contribution in [-0.2, 0) is 21.3 Å². The van der Waals surface area contributed by atoms with Crippen LogP contribution < -0.4 is 4.90 Å². The van der Waals surface area contributed by atoms with E-state index in [-0.39, 0.29) is 0 Å². The van der Waals surface area contributed by atoms with Crippen molar-refractivity contribution in [3.8, 4) is 21.7 Å². The van der Waals surface area contributed by atoms with Crippen molar-refractivity contribution >= 4 is 55.8 Å². The number of hydrogen-bond donors (Lipinski definition) is 1. The number of anilines is 1. The number of benzene rings is 3. The normalized spacial score (nSPS) is 20.9. The van der Waals surface area contributed by atoms with Gasteiger partial charge >= 0.3 is 5.97 Å². The SMILES string of the molecule is Cc1cc2nc(-c3ccc4c(c3)c(N3C5CCC3CN(C3COC3)C5)nn4C)sc2c(-c2ccc(Cl)cc2)c1[C@H](OC(C)(C)C)C(=O)O. The topological polar surface area (TPSA) is 93.0 Å². The highest BCUT2D eigenvalue weighted by Gasteiger charge is 2.44. The molecule has 11 heteroatoms. The molecule has 5 heterocycles. The van der Waals surface area contributed by atoms with Gasteiger partial charge in [0.25, 0.3) is 0 Å². The number of nitrogens with zero attached hydrogens (tertiary/aromatic N) is 5. The predicted molar refractivity (Wildman–Crippen MR) is 191 cm³/mol. The van der Waals surface area contributed by atoms with Crippen LogP contribution in [0.5, 0.6) is 0 Å². The van der Waals surface area contributed by atoms with Gasteiger partial charge in [-0.05, 0) is 88.1 Å².